The molecule has 0 unspecified atom stereocenters. The molecule has 0 saturated heterocycles. The van der Waals surface area contributed by atoms with Crippen molar-refractivity contribution in [2.24, 2.45) is 0 Å². The highest BCUT2D eigenvalue weighted by Gasteiger charge is 2.23. The molecule has 0 amide bonds. The van der Waals surface area contributed by atoms with E-state index in [0.717, 1.165) is 5.22 Å². The van der Waals surface area contributed by atoms with Crippen LogP contribution >= 0.6 is 0 Å². The number of benzene rings is 1. The number of hydrogen-bond donors (Lipinski definition) is 0. The zero-order valence-electron chi connectivity index (χ0n) is 8.07. The molecule has 0 bridgehead atoms. The predicted octanol–water partition coefficient (Wildman–Crippen LogP) is -0.432. The van der Waals surface area contributed by atoms with Gasteiger partial charge in [0.2, 0.25) is 0 Å². The van der Waals surface area contributed by atoms with Crippen molar-refractivity contribution >= 4 is 18.1 Å². The van der Waals surface area contributed by atoms with E-state index < -0.39 is 0 Å². The number of methoxy groups -OCH3 is 1. The first-order valence-corrected chi connectivity index (χ1v) is 4.57. The summed E-state index contributed by atoms with van der Waals surface area (Å²) in [5.41, 5.74) is 0. The number of hydrogen-bond acceptors (Lipinski definition) is 4. The van der Waals surface area contributed by atoms with Crippen molar-refractivity contribution in [3.8, 4) is 17.2 Å². The van der Waals surface area contributed by atoms with Crippen molar-refractivity contribution in [2.45, 2.75) is 0 Å². The molecule has 2 heterocycles. The number of fused-ring (bicyclic) bond motifs is 3. The van der Waals surface area contributed by atoms with E-state index in [1.54, 1.807) is 13.2 Å². The van der Waals surface area contributed by atoms with Crippen molar-refractivity contribution in [3.63, 3.8) is 0 Å². The summed E-state index contributed by atoms with van der Waals surface area (Å²) < 4.78 is 15.7. The molecular formula is C11H8O4. The van der Waals surface area contributed by atoms with Gasteiger partial charge in [-0.15, -0.1) is 0 Å². The Labute approximate surface area is 85.4 Å². The highest BCUT2D eigenvalue weighted by molar-refractivity contribution is 6.04. The van der Waals surface area contributed by atoms with Gasteiger partial charge in [0.1, 0.15) is 12.4 Å². The van der Waals surface area contributed by atoms with Crippen LogP contribution in [-0.4, -0.2) is 19.7 Å². The third kappa shape index (κ3) is 1.05. The summed E-state index contributed by atoms with van der Waals surface area (Å²) in [6.45, 7) is 0.486. The fourth-order valence-corrected chi connectivity index (χ4v) is 1.83. The van der Waals surface area contributed by atoms with E-state index in [-0.39, 0.29) is 5.97 Å². The maximum atomic E-state index is 11.1. The van der Waals surface area contributed by atoms with Crippen LogP contribution in [0, 0.1) is 0 Å². The number of carbonyl (C=O) groups excluding carboxylic acids is 1. The van der Waals surface area contributed by atoms with Crippen LogP contribution in [0.5, 0.6) is 17.2 Å². The molecule has 76 valence electrons. The van der Waals surface area contributed by atoms with E-state index in [4.69, 9.17) is 14.2 Å². The molecule has 1 aromatic carbocycles. The zero-order chi connectivity index (χ0) is 10.4. The Kier molecular flexibility index (Phi) is 1.54. The van der Waals surface area contributed by atoms with Crippen molar-refractivity contribution in [2.75, 3.05) is 13.7 Å². The lowest BCUT2D eigenvalue weighted by Crippen LogP contribution is -2.12. The minimum atomic E-state index is -0.365. The van der Waals surface area contributed by atoms with Crippen LogP contribution in [0.4, 0.5) is 0 Å². The quantitative estimate of drug-likeness (QED) is 0.460. The van der Waals surface area contributed by atoms with Gasteiger partial charge in [-0.1, -0.05) is 0 Å². The number of esters is 1. The van der Waals surface area contributed by atoms with E-state index >= 15 is 0 Å². The lowest BCUT2D eigenvalue weighted by molar-refractivity contribution is -0.126. The van der Waals surface area contributed by atoms with E-state index in [2.05, 4.69) is 0 Å². The molecule has 3 rings (SSSR count). The molecule has 0 radical (unpaired) electrons. The predicted molar refractivity (Wildman–Crippen MR) is 52.3 cm³/mol. The van der Waals surface area contributed by atoms with Gasteiger partial charge in [0.05, 0.1) is 12.3 Å². The maximum Gasteiger partial charge on any atom is 0.337 e. The number of carbonyl (C=O) groups is 1. The Morgan fingerprint density at radius 1 is 1.40 bits per heavy atom. The lowest BCUT2D eigenvalue weighted by atomic mass is 10.2. The first-order chi connectivity index (χ1) is 7.29. The summed E-state index contributed by atoms with van der Waals surface area (Å²) in [5, 5.41) is 1.57. The smallest absolute Gasteiger partial charge is 0.337 e. The Hall–Kier alpha value is -1.97. The van der Waals surface area contributed by atoms with Crippen LogP contribution in [0.1, 0.15) is 0 Å². The first kappa shape index (κ1) is 8.35. The summed E-state index contributed by atoms with van der Waals surface area (Å²) in [6.07, 6.45) is 3.33. The van der Waals surface area contributed by atoms with Gasteiger partial charge in [0, 0.05) is 11.3 Å². The van der Waals surface area contributed by atoms with Gasteiger partial charge in [0.25, 0.3) is 0 Å². The molecule has 2 aliphatic heterocycles. The fraction of sp³-hybridized carbons (Fsp3) is 0.182. The Morgan fingerprint density at radius 3 is 3.07 bits per heavy atom. The van der Waals surface area contributed by atoms with Gasteiger partial charge in [-0.05, 0) is 12.1 Å². The van der Waals surface area contributed by atoms with Crippen molar-refractivity contribution in [1.29, 1.82) is 0 Å². The summed E-state index contributed by atoms with van der Waals surface area (Å²) in [4.78, 5) is 11.1. The van der Waals surface area contributed by atoms with Gasteiger partial charge in [-0.3, -0.25) is 0 Å². The molecule has 0 N–H and O–H groups in total. The van der Waals surface area contributed by atoms with E-state index in [1.807, 2.05) is 6.08 Å². The van der Waals surface area contributed by atoms with E-state index in [0.29, 0.717) is 29.1 Å². The molecule has 0 atom stereocenters. The molecule has 0 saturated carbocycles. The number of rotatable bonds is 1. The van der Waals surface area contributed by atoms with Gasteiger partial charge in [-0.25, -0.2) is 4.79 Å². The summed E-state index contributed by atoms with van der Waals surface area (Å²) >= 11 is 0. The van der Waals surface area contributed by atoms with Crippen molar-refractivity contribution in [1.82, 2.24) is 0 Å². The molecule has 15 heavy (non-hydrogen) atoms. The second kappa shape index (κ2) is 2.76. The van der Waals surface area contributed by atoms with Gasteiger partial charge >= 0.3 is 5.97 Å². The number of ether oxygens (including phenoxy) is 3. The van der Waals surface area contributed by atoms with E-state index in [9.17, 15) is 4.79 Å². The van der Waals surface area contributed by atoms with Gasteiger partial charge < -0.3 is 14.2 Å². The standard InChI is InChI=1S/C11H8O4/c1-13-8-4-6-5-9(12)15-10(6)11-7(8)2-3-14-11/h2,4-5H,3H2,1H3. The van der Waals surface area contributed by atoms with Crippen molar-refractivity contribution in [3.05, 3.63) is 16.5 Å². The lowest BCUT2D eigenvalue weighted by Gasteiger charge is -2.06. The van der Waals surface area contributed by atoms with Gasteiger partial charge in [0.15, 0.2) is 11.5 Å². The fourth-order valence-electron chi connectivity index (χ4n) is 1.83. The molecule has 0 aromatic heterocycles. The third-order valence-corrected chi connectivity index (χ3v) is 2.48. The van der Waals surface area contributed by atoms with Crippen LogP contribution in [0.15, 0.2) is 6.07 Å². The monoisotopic (exact) mass is 204 g/mol. The molecule has 0 fully saturated rings. The maximum absolute atomic E-state index is 11.1. The second-order valence-corrected chi connectivity index (χ2v) is 3.32. The Bertz CT molecular complexity index is 571. The minimum Gasteiger partial charge on any atom is -0.496 e. The summed E-state index contributed by atoms with van der Waals surface area (Å²) in [6, 6.07) is 1.78. The average Bonchev–Trinajstić information content (AvgIpc) is 2.80. The van der Waals surface area contributed by atoms with Crippen LogP contribution < -0.4 is 24.6 Å². The largest absolute Gasteiger partial charge is 0.496 e. The molecule has 0 aliphatic carbocycles. The van der Waals surface area contributed by atoms with Crippen LogP contribution in [-0.2, 0) is 4.79 Å². The molecular weight excluding hydrogens is 196 g/mol. The second-order valence-electron chi connectivity index (χ2n) is 3.32. The van der Waals surface area contributed by atoms with Crippen LogP contribution in [0.25, 0.3) is 12.2 Å². The van der Waals surface area contributed by atoms with Crippen LogP contribution in [0.2, 0.25) is 0 Å². The third-order valence-electron chi connectivity index (χ3n) is 2.48. The zero-order valence-corrected chi connectivity index (χ0v) is 8.07. The highest BCUT2D eigenvalue weighted by Crippen LogP contribution is 2.26. The van der Waals surface area contributed by atoms with Gasteiger partial charge in [-0.2, -0.15) is 0 Å². The van der Waals surface area contributed by atoms with E-state index in [1.165, 1.54) is 6.08 Å². The molecule has 4 heteroatoms. The molecule has 4 nitrogen and oxygen atoms in total. The minimum absolute atomic E-state index is 0.365. The average molecular weight is 204 g/mol. The summed E-state index contributed by atoms with van der Waals surface area (Å²) in [7, 11) is 1.59. The molecule has 2 aliphatic rings. The Morgan fingerprint density at radius 2 is 2.27 bits per heavy atom. The van der Waals surface area contributed by atoms with Crippen LogP contribution in [0.3, 0.4) is 0 Å². The SMILES string of the molecule is COc1cc2c(c3c1=CCO3)OC(=O)C=2. The normalized spacial score (nSPS) is 15.7. The van der Waals surface area contributed by atoms with Crippen molar-refractivity contribution < 1.29 is 19.0 Å². The summed E-state index contributed by atoms with van der Waals surface area (Å²) in [5.74, 6) is 1.45. The molecule has 1 aromatic rings. The first-order valence-electron chi connectivity index (χ1n) is 4.57. The highest BCUT2D eigenvalue weighted by atomic mass is 16.6. The molecule has 0 spiro atoms. The Balaban J connectivity index is 2.39. The topological polar surface area (TPSA) is 44.8 Å².